The van der Waals surface area contributed by atoms with E-state index < -0.39 is 5.97 Å². The van der Waals surface area contributed by atoms with Gasteiger partial charge in [-0.3, -0.25) is 4.79 Å². The molecule has 0 bridgehead atoms. The number of aromatic nitrogens is 1. The van der Waals surface area contributed by atoms with Crippen LogP contribution in [0.2, 0.25) is 0 Å². The van der Waals surface area contributed by atoms with E-state index in [9.17, 15) is 4.79 Å². The van der Waals surface area contributed by atoms with Gasteiger partial charge in [0.25, 0.3) is 0 Å². The lowest BCUT2D eigenvalue weighted by atomic mass is 9.97. The van der Waals surface area contributed by atoms with Gasteiger partial charge in [-0.25, -0.2) is 4.98 Å². The molecule has 0 atom stereocenters. The number of carbonyl (C=O) groups is 1. The lowest BCUT2D eigenvalue weighted by Crippen LogP contribution is -2.36. The lowest BCUT2D eigenvalue weighted by Gasteiger charge is -2.31. The van der Waals surface area contributed by atoms with Gasteiger partial charge in [0.05, 0.1) is 11.4 Å². The van der Waals surface area contributed by atoms with Gasteiger partial charge in [-0.05, 0) is 31.0 Å². The Bertz CT molecular complexity index is 610. The average Bonchev–Trinajstić information content (AvgIpc) is 2.47. The third-order valence-electron chi connectivity index (χ3n) is 3.75. The fraction of sp³-hybridized carbons (Fsp3) is 0.333. The zero-order chi connectivity index (χ0) is 13.2. The van der Waals surface area contributed by atoms with E-state index in [4.69, 9.17) is 5.11 Å². The predicted molar refractivity (Wildman–Crippen MR) is 81.6 cm³/mol. The van der Waals surface area contributed by atoms with E-state index >= 15 is 0 Å². The van der Waals surface area contributed by atoms with Gasteiger partial charge in [-0.1, -0.05) is 18.2 Å². The van der Waals surface area contributed by atoms with Crippen molar-refractivity contribution in [2.75, 3.05) is 18.0 Å². The molecule has 1 aliphatic heterocycles. The van der Waals surface area contributed by atoms with Crippen LogP contribution < -0.4 is 4.90 Å². The smallest absolute Gasteiger partial charge is 0.306 e. The first-order valence-corrected chi connectivity index (χ1v) is 6.57. The van der Waals surface area contributed by atoms with E-state index in [0.717, 1.165) is 29.8 Å². The second-order valence-electron chi connectivity index (χ2n) is 4.96. The molecule has 0 spiro atoms. The Hall–Kier alpha value is -1.81. The van der Waals surface area contributed by atoms with Gasteiger partial charge in [0, 0.05) is 18.5 Å². The maximum atomic E-state index is 10.9. The zero-order valence-electron chi connectivity index (χ0n) is 11.0. The minimum atomic E-state index is -0.675. The molecule has 2 heterocycles. The summed E-state index contributed by atoms with van der Waals surface area (Å²) in [5.74, 6) is 0.0744. The van der Waals surface area contributed by atoms with Crippen molar-refractivity contribution in [2.45, 2.75) is 12.8 Å². The normalized spacial score (nSPS) is 15.9. The molecule has 1 aromatic carbocycles. The fourth-order valence-corrected chi connectivity index (χ4v) is 2.59. The van der Waals surface area contributed by atoms with E-state index in [1.54, 1.807) is 0 Å². The number of piperidine rings is 1. The summed E-state index contributed by atoms with van der Waals surface area (Å²) in [5, 5.41) is 10.1. The molecule has 3 rings (SSSR count). The molecule has 0 aliphatic carbocycles. The summed E-state index contributed by atoms with van der Waals surface area (Å²) < 4.78 is 0. The number of pyridine rings is 1. The molecule has 0 unspecified atom stereocenters. The van der Waals surface area contributed by atoms with Gasteiger partial charge < -0.3 is 10.0 Å². The van der Waals surface area contributed by atoms with Crippen molar-refractivity contribution in [1.29, 1.82) is 0 Å². The van der Waals surface area contributed by atoms with Crippen LogP contribution in [0, 0.1) is 5.92 Å². The van der Waals surface area contributed by atoms with E-state index in [-0.39, 0.29) is 18.3 Å². The topological polar surface area (TPSA) is 53.4 Å². The van der Waals surface area contributed by atoms with E-state index in [2.05, 4.69) is 16.0 Å². The molecular weight excluding hydrogens is 276 g/mol. The number of hydrogen-bond acceptors (Lipinski definition) is 3. The molecule has 1 fully saturated rings. The van der Waals surface area contributed by atoms with Crippen LogP contribution in [-0.4, -0.2) is 29.1 Å². The molecule has 0 radical (unpaired) electrons. The first-order chi connectivity index (χ1) is 9.24. The van der Waals surface area contributed by atoms with E-state index in [0.29, 0.717) is 12.8 Å². The molecule has 0 amide bonds. The van der Waals surface area contributed by atoms with Crippen LogP contribution >= 0.6 is 12.4 Å². The molecule has 1 saturated heterocycles. The van der Waals surface area contributed by atoms with Gasteiger partial charge in [-0.15, -0.1) is 12.4 Å². The first kappa shape index (κ1) is 14.6. The summed E-state index contributed by atoms with van der Waals surface area (Å²) in [7, 11) is 0. The number of fused-ring (bicyclic) bond motifs is 1. The Morgan fingerprint density at radius 3 is 2.55 bits per heavy atom. The summed E-state index contributed by atoms with van der Waals surface area (Å²) in [5.41, 5.74) is 0.986. The third kappa shape index (κ3) is 2.85. The highest BCUT2D eigenvalue weighted by molar-refractivity contribution is 5.85. The van der Waals surface area contributed by atoms with Gasteiger partial charge in [0.1, 0.15) is 5.82 Å². The van der Waals surface area contributed by atoms with Crippen LogP contribution in [-0.2, 0) is 4.79 Å². The first-order valence-electron chi connectivity index (χ1n) is 6.57. The Morgan fingerprint density at radius 2 is 1.85 bits per heavy atom. The van der Waals surface area contributed by atoms with Crippen molar-refractivity contribution < 1.29 is 9.90 Å². The summed E-state index contributed by atoms with van der Waals surface area (Å²) in [6.45, 7) is 1.53. The SMILES string of the molecule is Cl.O=C(O)C1CCN(c2ccc3ccccc3n2)CC1. The van der Waals surface area contributed by atoms with Crippen molar-refractivity contribution in [3.8, 4) is 0 Å². The van der Waals surface area contributed by atoms with Crippen molar-refractivity contribution in [3.05, 3.63) is 36.4 Å². The standard InChI is InChI=1S/C15H16N2O2.ClH/c18-15(19)12-7-9-17(10-8-12)14-6-5-11-3-1-2-4-13(11)16-14;/h1-6,12H,7-10H2,(H,18,19);1H. The van der Waals surface area contributed by atoms with Gasteiger partial charge >= 0.3 is 5.97 Å². The summed E-state index contributed by atoms with van der Waals surface area (Å²) in [6, 6.07) is 12.1. The Balaban J connectivity index is 0.00000147. The number of rotatable bonds is 2. The number of hydrogen-bond donors (Lipinski definition) is 1. The number of nitrogens with zero attached hydrogens (tertiary/aromatic N) is 2. The zero-order valence-corrected chi connectivity index (χ0v) is 11.8. The number of carboxylic acid groups (broad SMARTS) is 1. The maximum Gasteiger partial charge on any atom is 0.306 e. The Kier molecular flexibility index (Phi) is 4.45. The highest BCUT2D eigenvalue weighted by atomic mass is 35.5. The van der Waals surface area contributed by atoms with Crippen molar-refractivity contribution in [1.82, 2.24) is 4.98 Å². The largest absolute Gasteiger partial charge is 0.481 e. The van der Waals surface area contributed by atoms with E-state index in [1.165, 1.54) is 0 Å². The molecule has 106 valence electrons. The number of benzene rings is 1. The highest BCUT2D eigenvalue weighted by Crippen LogP contribution is 2.23. The molecule has 0 saturated carbocycles. The molecule has 5 heteroatoms. The van der Waals surface area contributed by atoms with Gasteiger partial charge in [-0.2, -0.15) is 0 Å². The molecular formula is C15H17ClN2O2. The Labute approximate surface area is 123 Å². The van der Waals surface area contributed by atoms with Crippen LogP contribution in [0.5, 0.6) is 0 Å². The summed E-state index contributed by atoms with van der Waals surface area (Å²) in [6.07, 6.45) is 1.40. The fourth-order valence-electron chi connectivity index (χ4n) is 2.59. The summed E-state index contributed by atoms with van der Waals surface area (Å²) >= 11 is 0. The molecule has 20 heavy (non-hydrogen) atoms. The van der Waals surface area contributed by atoms with Crippen LogP contribution in [0.1, 0.15) is 12.8 Å². The van der Waals surface area contributed by atoms with Gasteiger partial charge in [0.15, 0.2) is 0 Å². The number of anilines is 1. The number of halogens is 1. The maximum absolute atomic E-state index is 10.9. The second kappa shape index (κ2) is 6.09. The molecule has 4 nitrogen and oxygen atoms in total. The molecule has 1 aliphatic rings. The molecule has 2 aromatic rings. The number of para-hydroxylation sites is 1. The number of carboxylic acids is 1. The van der Waals surface area contributed by atoms with Crippen LogP contribution in [0.15, 0.2) is 36.4 Å². The second-order valence-corrected chi connectivity index (χ2v) is 4.96. The van der Waals surface area contributed by atoms with Crippen molar-refractivity contribution in [2.24, 2.45) is 5.92 Å². The molecule has 1 N–H and O–H groups in total. The summed E-state index contributed by atoms with van der Waals surface area (Å²) in [4.78, 5) is 17.8. The third-order valence-corrected chi connectivity index (χ3v) is 3.75. The van der Waals surface area contributed by atoms with Crippen molar-refractivity contribution in [3.63, 3.8) is 0 Å². The Morgan fingerprint density at radius 1 is 1.15 bits per heavy atom. The van der Waals surface area contributed by atoms with Crippen LogP contribution in [0.3, 0.4) is 0 Å². The minimum absolute atomic E-state index is 0. The predicted octanol–water partition coefficient (Wildman–Crippen LogP) is 2.96. The average molecular weight is 293 g/mol. The molecule has 1 aromatic heterocycles. The highest BCUT2D eigenvalue weighted by Gasteiger charge is 2.24. The van der Waals surface area contributed by atoms with E-state index in [1.807, 2.05) is 30.3 Å². The monoisotopic (exact) mass is 292 g/mol. The van der Waals surface area contributed by atoms with Gasteiger partial charge in [0.2, 0.25) is 0 Å². The lowest BCUT2D eigenvalue weighted by molar-refractivity contribution is -0.142. The van der Waals surface area contributed by atoms with Crippen LogP contribution in [0.4, 0.5) is 5.82 Å². The number of aliphatic carboxylic acids is 1. The quantitative estimate of drug-likeness (QED) is 0.924. The van der Waals surface area contributed by atoms with Crippen LogP contribution in [0.25, 0.3) is 10.9 Å². The van der Waals surface area contributed by atoms with Crippen molar-refractivity contribution >= 4 is 35.1 Å². The minimum Gasteiger partial charge on any atom is -0.481 e.